The Kier molecular flexibility index (Phi) is 12.9. The number of aliphatic hydroxyl groups excluding tert-OH is 4. The number of ether oxygens (including phenoxy) is 2. The van der Waals surface area contributed by atoms with E-state index in [1.807, 2.05) is 38.2 Å². The normalized spacial score (nSPS) is 27.3. The number of carbonyl (C=O) groups is 2. The lowest BCUT2D eigenvalue weighted by Gasteiger charge is -2.39. The molecule has 1 aliphatic heterocycles. The topological polar surface area (TPSA) is 154 Å². The molecule has 1 aliphatic rings. The molecule has 1 rings (SSSR count). The van der Waals surface area contributed by atoms with Gasteiger partial charge in [0.25, 0.3) is 0 Å². The molecule has 0 saturated carbocycles. The largest absolute Gasteiger partial charge is 0.478 e. The average Bonchev–Trinajstić information content (AvgIpc) is 2.81. The highest BCUT2D eigenvalue weighted by molar-refractivity contribution is 5.88. The van der Waals surface area contributed by atoms with Crippen molar-refractivity contribution in [1.29, 1.82) is 0 Å². The minimum absolute atomic E-state index is 0.207. The SMILES string of the molecule is CC(/C=C/C=C(\C)C(=O)O)=C\C=C\C=C(C)\C=C\C=C(/C)C(=O)OC1OC(CO)C(O)C(O)C1O. The summed E-state index contributed by atoms with van der Waals surface area (Å²) >= 11 is 0. The van der Waals surface area contributed by atoms with Crippen LogP contribution in [0.3, 0.4) is 0 Å². The van der Waals surface area contributed by atoms with Gasteiger partial charge in [-0.25, -0.2) is 9.59 Å². The van der Waals surface area contributed by atoms with Gasteiger partial charge >= 0.3 is 11.9 Å². The molecule has 192 valence electrons. The Morgan fingerprint density at radius 3 is 1.77 bits per heavy atom. The molecule has 0 aromatic heterocycles. The third-order valence-electron chi connectivity index (χ3n) is 4.97. The maximum atomic E-state index is 12.2. The third-order valence-corrected chi connectivity index (χ3v) is 4.97. The second kappa shape index (κ2) is 15.0. The molecule has 0 aromatic rings. The second-order valence-corrected chi connectivity index (χ2v) is 8.03. The van der Waals surface area contributed by atoms with Crippen molar-refractivity contribution in [3.05, 3.63) is 83.1 Å². The molecule has 5 unspecified atom stereocenters. The fourth-order valence-corrected chi connectivity index (χ4v) is 2.72. The molecule has 5 N–H and O–H groups in total. The summed E-state index contributed by atoms with van der Waals surface area (Å²) in [5.74, 6) is -1.75. The first-order valence-electron chi connectivity index (χ1n) is 10.9. The molecule has 9 nitrogen and oxygen atoms in total. The molecule has 0 amide bonds. The summed E-state index contributed by atoms with van der Waals surface area (Å²) in [6, 6.07) is 0. The van der Waals surface area contributed by atoms with Crippen LogP contribution in [0.1, 0.15) is 27.7 Å². The Balaban J connectivity index is 2.64. The Labute approximate surface area is 205 Å². The molecule has 1 fully saturated rings. The molecule has 0 aromatic carbocycles. The fraction of sp³-hybridized carbons (Fsp3) is 0.385. The number of carboxylic acid groups (broad SMARTS) is 1. The van der Waals surface area contributed by atoms with E-state index in [4.69, 9.17) is 14.6 Å². The number of esters is 1. The number of allylic oxidation sites excluding steroid dienone is 12. The van der Waals surface area contributed by atoms with E-state index in [-0.39, 0.29) is 11.1 Å². The lowest BCUT2D eigenvalue weighted by atomic mass is 9.99. The molecule has 1 saturated heterocycles. The minimum atomic E-state index is -1.66. The summed E-state index contributed by atoms with van der Waals surface area (Å²) in [5, 5.41) is 47.5. The number of rotatable bonds is 10. The zero-order valence-electron chi connectivity index (χ0n) is 20.2. The van der Waals surface area contributed by atoms with Gasteiger partial charge in [0.2, 0.25) is 6.29 Å². The van der Waals surface area contributed by atoms with Gasteiger partial charge in [-0.1, -0.05) is 71.9 Å². The van der Waals surface area contributed by atoms with E-state index in [9.17, 15) is 30.0 Å². The average molecular weight is 491 g/mol. The number of hydrogen-bond donors (Lipinski definition) is 5. The van der Waals surface area contributed by atoms with Gasteiger partial charge in [0.1, 0.15) is 24.4 Å². The van der Waals surface area contributed by atoms with E-state index in [1.165, 1.54) is 26.0 Å². The van der Waals surface area contributed by atoms with Crippen molar-refractivity contribution in [2.75, 3.05) is 6.61 Å². The third kappa shape index (κ3) is 10.4. The lowest BCUT2D eigenvalue weighted by Crippen LogP contribution is -2.59. The zero-order valence-corrected chi connectivity index (χ0v) is 20.2. The maximum absolute atomic E-state index is 12.2. The van der Waals surface area contributed by atoms with E-state index in [1.54, 1.807) is 24.3 Å². The van der Waals surface area contributed by atoms with E-state index < -0.39 is 49.3 Å². The Bertz CT molecular complexity index is 948. The summed E-state index contributed by atoms with van der Waals surface area (Å²) in [6.07, 6.45) is 9.79. The monoisotopic (exact) mass is 490 g/mol. The Morgan fingerprint density at radius 1 is 0.771 bits per heavy atom. The lowest BCUT2D eigenvalue weighted by molar-refractivity contribution is -0.291. The smallest absolute Gasteiger partial charge is 0.336 e. The molecule has 0 aliphatic carbocycles. The van der Waals surface area contributed by atoms with Crippen LogP contribution >= 0.6 is 0 Å². The van der Waals surface area contributed by atoms with Gasteiger partial charge in [0, 0.05) is 11.1 Å². The minimum Gasteiger partial charge on any atom is -0.478 e. The molecule has 5 atom stereocenters. The van der Waals surface area contributed by atoms with Crippen LogP contribution in [0.15, 0.2) is 83.1 Å². The van der Waals surface area contributed by atoms with Crippen LogP contribution in [-0.4, -0.2) is 74.8 Å². The highest BCUT2D eigenvalue weighted by atomic mass is 16.7. The van der Waals surface area contributed by atoms with Gasteiger partial charge < -0.3 is 35.0 Å². The Morgan fingerprint density at radius 2 is 1.29 bits per heavy atom. The quantitative estimate of drug-likeness (QED) is 0.175. The van der Waals surface area contributed by atoms with Gasteiger partial charge in [0.15, 0.2) is 0 Å². The van der Waals surface area contributed by atoms with Crippen LogP contribution in [0, 0.1) is 0 Å². The van der Waals surface area contributed by atoms with Gasteiger partial charge in [-0.15, -0.1) is 0 Å². The molecule has 0 radical (unpaired) electrons. The number of carbonyl (C=O) groups excluding carboxylic acids is 1. The van der Waals surface area contributed by atoms with Gasteiger partial charge in [-0.2, -0.15) is 0 Å². The highest BCUT2D eigenvalue weighted by Crippen LogP contribution is 2.22. The predicted octanol–water partition coefficient (Wildman–Crippen LogP) is 1.87. The van der Waals surface area contributed by atoms with Crippen LogP contribution in [-0.2, 0) is 19.1 Å². The van der Waals surface area contributed by atoms with Gasteiger partial charge in [0.05, 0.1) is 6.61 Å². The fourth-order valence-electron chi connectivity index (χ4n) is 2.72. The predicted molar refractivity (Wildman–Crippen MR) is 130 cm³/mol. The van der Waals surface area contributed by atoms with Crippen LogP contribution in [0.2, 0.25) is 0 Å². The van der Waals surface area contributed by atoms with Crippen LogP contribution < -0.4 is 0 Å². The molecule has 35 heavy (non-hydrogen) atoms. The van der Waals surface area contributed by atoms with Gasteiger partial charge in [-0.3, -0.25) is 0 Å². The van der Waals surface area contributed by atoms with Crippen LogP contribution in [0.5, 0.6) is 0 Å². The van der Waals surface area contributed by atoms with Crippen molar-refractivity contribution in [3.63, 3.8) is 0 Å². The first-order valence-corrected chi connectivity index (χ1v) is 10.9. The first-order chi connectivity index (χ1) is 16.5. The Hall–Kier alpha value is -3.08. The standard InChI is InChI=1S/C26H34O9/c1-16(11-7-13-18(3)24(31)32)9-5-6-10-17(2)12-8-14-19(4)25(33)35-26-23(30)22(29)21(28)20(15-27)34-26/h5-14,20-23,26-30H,15H2,1-4H3,(H,31,32)/b6-5+,11-7+,12-8+,16-9+,17-10+,18-13+,19-14+. The van der Waals surface area contributed by atoms with Crippen LogP contribution in [0.25, 0.3) is 0 Å². The van der Waals surface area contributed by atoms with E-state index in [0.717, 1.165) is 11.1 Å². The summed E-state index contributed by atoms with van der Waals surface area (Å²) in [4.78, 5) is 23.0. The van der Waals surface area contributed by atoms with Gasteiger partial charge in [-0.05, 0) is 27.7 Å². The van der Waals surface area contributed by atoms with Crippen molar-refractivity contribution in [2.24, 2.45) is 0 Å². The van der Waals surface area contributed by atoms with E-state index in [0.29, 0.717) is 0 Å². The highest BCUT2D eigenvalue weighted by Gasteiger charge is 2.45. The summed E-state index contributed by atoms with van der Waals surface area (Å²) < 4.78 is 10.2. The molecule has 0 bridgehead atoms. The zero-order chi connectivity index (χ0) is 26.5. The van der Waals surface area contributed by atoms with Crippen molar-refractivity contribution in [1.82, 2.24) is 0 Å². The van der Waals surface area contributed by atoms with E-state index in [2.05, 4.69) is 0 Å². The molecular formula is C26H34O9. The molecule has 9 heteroatoms. The second-order valence-electron chi connectivity index (χ2n) is 8.03. The van der Waals surface area contributed by atoms with E-state index >= 15 is 0 Å². The number of hydrogen-bond acceptors (Lipinski definition) is 8. The summed E-state index contributed by atoms with van der Waals surface area (Å²) in [5.41, 5.74) is 2.29. The number of aliphatic carboxylic acids is 1. The summed E-state index contributed by atoms with van der Waals surface area (Å²) in [6.45, 7) is 6.16. The van der Waals surface area contributed by atoms with Crippen molar-refractivity contribution in [3.8, 4) is 0 Å². The molecule has 1 heterocycles. The van der Waals surface area contributed by atoms with Crippen molar-refractivity contribution < 1.29 is 44.6 Å². The summed E-state index contributed by atoms with van der Waals surface area (Å²) in [7, 11) is 0. The number of aliphatic hydroxyl groups is 4. The molecular weight excluding hydrogens is 456 g/mol. The number of carboxylic acids is 1. The van der Waals surface area contributed by atoms with Crippen LogP contribution in [0.4, 0.5) is 0 Å². The first kappa shape index (κ1) is 30.0. The van der Waals surface area contributed by atoms with Crippen molar-refractivity contribution >= 4 is 11.9 Å². The maximum Gasteiger partial charge on any atom is 0.336 e. The van der Waals surface area contributed by atoms with Crippen molar-refractivity contribution in [2.45, 2.75) is 58.4 Å². The molecule has 0 spiro atoms.